The molecule has 1 aliphatic heterocycles. The number of nitrogens with one attached hydrogen (secondary N) is 1. The van der Waals surface area contributed by atoms with Gasteiger partial charge in [-0.25, -0.2) is 22.8 Å². The summed E-state index contributed by atoms with van der Waals surface area (Å²) >= 11 is 0. The first kappa shape index (κ1) is 14.2. The van der Waals surface area contributed by atoms with E-state index < -0.39 is 10.0 Å². The van der Waals surface area contributed by atoms with Crippen molar-refractivity contribution in [2.45, 2.75) is 51.1 Å². The van der Waals surface area contributed by atoms with E-state index >= 15 is 0 Å². The molecular formula is C12H17N5O3S. The predicted molar refractivity (Wildman–Crippen MR) is 73.0 cm³/mol. The fourth-order valence-electron chi connectivity index (χ4n) is 2.68. The van der Waals surface area contributed by atoms with E-state index in [1.165, 1.54) is 0 Å². The van der Waals surface area contributed by atoms with Gasteiger partial charge in [0, 0.05) is 6.54 Å². The maximum Gasteiger partial charge on any atom is 0.246 e. The van der Waals surface area contributed by atoms with Gasteiger partial charge in [0.25, 0.3) is 0 Å². The highest BCUT2D eigenvalue weighted by molar-refractivity contribution is 7.89. The molecule has 114 valence electrons. The first-order valence-electron chi connectivity index (χ1n) is 6.75. The van der Waals surface area contributed by atoms with Gasteiger partial charge in [-0.05, 0) is 33.6 Å². The van der Waals surface area contributed by atoms with Crippen molar-refractivity contribution in [1.82, 2.24) is 24.6 Å². The van der Waals surface area contributed by atoms with Crippen molar-refractivity contribution in [3.63, 3.8) is 0 Å². The van der Waals surface area contributed by atoms with Crippen molar-refractivity contribution in [3.8, 4) is 0 Å². The zero-order valence-corrected chi connectivity index (χ0v) is 12.9. The Bertz CT molecular complexity index is 757. The van der Waals surface area contributed by atoms with Crippen molar-refractivity contribution in [2.75, 3.05) is 0 Å². The number of aromatic nitrogens is 4. The van der Waals surface area contributed by atoms with E-state index in [1.807, 2.05) is 0 Å². The van der Waals surface area contributed by atoms with Crippen LogP contribution in [-0.4, -0.2) is 28.3 Å². The number of sulfonamides is 1. The lowest BCUT2D eigenvalue weighted by Crippen LogP contribution is -2.33. The third-order valence-electron chi connectivity index (χ3n) is 3.51. The normalized spacial score (nSPS) is 18.7. The van der Waals surface area contributed by atoms with Gasteiger partial charge in [-0.2, -0.15) is 5.10 Å². The molecule has 0 aromatic carbocycles. The molecule has 21 heavy (non-hydrogen) atoms. The Kier molecular flexibility index (Phi) is 3.33. The predicted octanol–water partition coefficient (Wildman–Crippen LogP) is 1.00. The quantitative estimate of drug-likeness (QED) is 0.907. The number of fused-ring (bicyclic) bond motifs is 1. The highest BCUT2D eigenvalue weighted by Crippen LogP contribution is 2.27. The summed E-state index contributed by atoms with van der Waals surface area (Å²) in [5.41, 5.74) is 0.355. The Hall–Kier alpha value is -1.74. The van der Waals surface area contributed by atoms with Gasteiger partial charge in [-0.15, -0.1) is 0 Å². The largest absolute Gasteiger partial charge is 0.360 e. The third-order valence-corrected chi connectivity index (χ3v) is 5.23. The summed E-state index contributed by atoms with van der Waals surface area (Å²) in [7, 11) is -3.70. The molecule has 0 bridgehead atoms. The highest BCUT2D eigenvalue weighted by atomic mass is 32.2. The van der Waals surface area contributed by atoms with Crippen molar-refractivity contribution in [3.05, 3.63) is 23.1 Å². The van der Waals surface area contributed by atoms with Crippen molar-refractivity contribution in [1.29, 1.82) is 0 Å². The van der Waals surface area contributed by atoms with E-state index in [1.54, 1.807) is 25.5 Å². The van der Waals surface area contributed by atoms with Crippen molar-refractivity contribution in [2.24, 2.45) is 0 Å². The summed E-state index contributed by atoms with van der Waals surface area (Å²) < 4.78 is 34.5. The van der Waals surface area contributed by atoms with Crippen LogP contribution in [0.1, 0.15) is 42.0 Å². The molecule has 2 aromatic rings. The highest BCUT2D eigenvalue weighted by Gasteiger charge is 2.31. The third kappa shape index (κ3) is 2.46. The molecule has 0 unspecified atom stereocenters. The van der Waals surface area contributed by atoms with E-state index in [-0.39, 0.29) is 16.7 Å². The molecule has 3 rings (SSSR count). The van der Waals surface area contributed by atoms with Gasteiger partial charge in [0.05, 0.1) is 6.04 Å². The zero-order valence-electron chi connectivity index (χ0n) is 12.1. The summed E-state index contributed by atoms with van der Waals surface area (Å²) in [5, 5.41) is 7.97. The number of rotatable bonds is 3. The SMILES string of the molecule is Cc1nc2n(n1)CCC[C@H]2NS(=O)(=O)c1c(C)noc1C. The topological polar surface area (TPSA) is 103 Å². The molecule has 0 spiro atoms. The van der Waals surface area contributed by atoms with E-state index in [4.69, 9.17) is 4.52 Å². The van der Waals surface area contributed by atoms with Crippen LogP contribution < -0.4 is 4.72 Å². The fraction of sp³-hybridized carbons (Fsp3) is 0.583. The smallest absolute Gasteiger partial charge is 0.246 e. The molecule has 0 amide bonds. The number of hydrogen-bond acceptors (Lipinski definition) is 6. The summed E-state index contributed by atoms with van der Waals surface area (Å²) in [6.45, 7) is 5.76. The van der Waals surface area contributed by atoms with Crippen LogP contribution in [0.4, 0.5) is 0 Å². The van der Waals surface area contributed by atoms with Crippen LogP contribution >= 0.6 is 0 Å². The minimum Gasteiger partial charge on any atom is -0.360 e. The van der Waals surface area contributed by atoms with Crippen LogP contribution in [0.15, 0.2) is 9.42 Å². The second-order valence-electron chi connectivity index (χ2n) is 5.21. The van der Waals surface area contributed by atoms with Gasteiger partial charge in [0.2, 0.25) is 10.0 Å². The number of aryl methyl sites for hydroxylation is 4. The van der Waals surface area contributed by atoms with Crippen LogP contribution in [0.5, 0.6) is 0 Å². The Morgan fingerprint density at radius 3 is 2.76 bits per heavy atom. The Morgan fingerprint density at radius 1 is 1.33 bits per heavy atom. The van der Waals surface area contributed by atoms with E-state index in [0.29, 0.717) is 23.8 Å². The first-order valence-corrected chi connectivity index (χ1v) is 8.23. The maximum absolute atomic E-state index is 12.6. The van der Waals surface area contributed by atoms with E-state index in [2.05, 4.69) is 20.0 Å². The molecule has 0 saturated carbocycles. The second-order valence-corrected chi connectivity index (χ2v) is 6.86. The molecule has 9 heteroatoms. The number of hydrogen-bond donors (Lipinski definition) is 1. The average Bonchev–Trinajstić information content (AvgIpc) is 2.92. The van der Waals surface area contributed by atoms with Gasteiger partial charge in [0.1, 0.15) is 22.2 Å². The summed E-state index contributed by atoms with van der Waals surface area (Å²) in [5.74, 6) is 1.59. The molecule has 0 saturated heterocycles. The average molecular weight is 311 g/mol. The summed E-state index contributed by atoms with van der Waals surface area (Å²) in [4.78, 5) is 4.44. The Morgan fingerprint density at radius 2 is 2.10 bits per heavy atom. The fourth-order valence-corrected chi connectivity index (χ4v) is 4.24. The molecule has 1 atom stereocenters. The lowest BCUT2D eigenvalue weighted by atomic mass is 10.1. The Balaban J connectivity index is 1.94. The molecule has 0 aliphatic carbocycles. The summed E-state index contributed by atoms with van der Waals surface area (Å²) in [6, 6.07) is -0.376. The summed E-state index contributed by atoms with van der Waals surface area (Å²) in [6.07, 6.45) is 1.55. The zero-order chi connectivity index (χ0) is 15.2. The van der Waals surface area contributed by atoms with Gasteiger partial charge < -0.3 is 4.52 Å². The van der Waals surface area contributed by atoms with Gasteiger partial charge in [-0.1, -0.05) is 5.16 Å². The molecule has 0 radical (unpaired) electrons. The monoisotopic (exact) mass is 311 g/mol. The van der Waals surface area contributed by atoms with Gasteiger partial charge in [-0.3, -0.25) is 0 Å². The molecule has 3 heterocycles. The van der Waals surface area contributed by atoms with Crippen molar-refractivity contribution >= 4 is 10.0 Å². The molecule has 2 aromatic heterocycles. The number of nitrogens with zero attached hydrogens (tertiary/aromatic N) is 4. The lowest BCUT2D eigenvalue weighted by molar-refractivity contribution is 0.389. The van der Waals surface area contributed by atoms with Crippen LogP contribution in [0.2, 0.25) is 0 Å². The maximum atomic E-state index is 12.6. The lowest BCUT2D eigenvalue weighted by Gasteiger charge is -2.22. The van der Waals surface area contributed by atoms with E-state index in [0.717, 1.165) is 13.0 Å². The van der Waals surface area contributed by atoms with Gasteiger partial charge >= 0.3 is 0 Å². The minimum absolute atomic E-state index is 0.107. The molecule has 0 fully saturated rings. The minimum atomic E-state index is -3.70. The standard InChI is InChI=1S/C12H17N5O3S/c1-7-11(8(2)20-15-7)21(18,19)16-10-5-4-6-17-12(10)13-9(3)14-17/h10,16H,4-6H2,1-3H3/t10-/m1/s1. The molecule has 1 N–H and O–H groups in total. The van der Waals surface area contributed by atoms with Crippen LogP contribution in [0, 0.1) is 20.8 Å². The van der Waals surface area contributed by atoms with Crippen LogP contribution in [-0.2, 0) is 16.6 Å². The van der Waals surface area contributed by atoms with Crippen LogP contribution in [0.25, 0.3) is 0 Å². The Labute approximate surface area is 122 Å². The second kappa shape index (κ2) is 4.92. The first-order chi connectivity index (χ1) is 9.88. The molecule has 1 aliphatic rings. The molecule has 8 nitrogen and oxygen atoms in total. The molecular weight excluding hydrogens is 294 g/mol. The van der Waals surface area contributed by atoms with Crippen LogP contribution in [0.3, 0.4) is 0 Å². The van der Waals surface area contributed by atoms with E-state index in [9.17, 15) is 8.42 Å². The van der Waals surface area contributed by atoms with Gasteiger partial charge in [0.15, 0.2) is 5.76 Å². The van der Waals surface area contributed by atoms with Crippen molar-refractivity contribution < 1.29 is 12.9 Å².